The zero-order valence-corrected chi connectivity index (χ0v) is 15.7. The molecule has 0 aliphatic carbocycles. The van der Waals surface area contributed by atoms with Gasteiger partial charge < -0.3 is 5.32 Å². The van der Waals surface area contributed by atoms with Gasteiger partial charge in [0.15, 0.2) is 0 Å². The molecule has 1 rings (SSSR count). The van der Waals surface area contributed by atoms with Crippen molar-refractivity contribution in [2.45, 2.75) is 26.7 Å². The fourth-order valence-electron chi connectivity index (χ4n) is 1.72. The average Bonchev–Trinajstić information content (AvgIpc) is 2.33. The van der Waals surface area contributed by atoms with Gasteiger partial charge in [-0.2, -0.15) is 0 Å². The summed E-state index contributed by atoms with van der Waals surface area (Å²) < 4.78 is 28.2. The zero-order valence-electron chi connectivity index (χ0n) is 11.7. The van der Waals surface area contributed by atoms with Gasteiger partial charge in [0.2, 0.25) is 10.0 Å². The third kappa shape index (κ3) is 6.11. The molecule has 0 aromatic heterocycles. The Hall–Kier alpha value is -0.110. The van der Waals surface area contributed by atoms with Crippen LogP contribution in [0.4, 0.5) is 5.69 Å². The topological polar surface area (TPSA) is 58.2 Å². The van der Waals surface area contributed by atoms with Gasteiger partial charge in [0.05, 0.1) is 11.4 Å². The van der Waals surface area contributed by atoms with Crippen LogP contribution in [0, 0.1) is 6.92 Å². The maximum atomic E-state index is 12.0. The van der Waals surface area contributed by atoms with E-state index < -0.39 is 10.0 Å². The molecule has 0 amide bonds. The molecule has 0 fully saturated rings. The predicted molar refractivity (Wildman–Crippen MR) is 91.8 cm³/mol. The summed E-state index contributed by atoms with van der Waals surface area (Å²) in [6.07, 6.45) is 1.49. The summed E-state index contributed by atoms with van der Waals surface area (Å²) in [5, 5.41) is 3.18. The first-order chi connectivity index (χ1) is 9.35. The fourth-order valence-corrected chi connectivity index (χ4v) is 4.82. The number of hydrogen-bond acceptors (Lipinski definition) is 3. The lowest BCUT2D eigenvalue weighted by molar-refractivity contribution is 0.593. The maximum absolute atomic E-state index is 12.0. The summed E-state index contributed by atoms with van der Waals surface area (Å²) in [7, 11) is -3.32. The Labute approximate surface area is 138 Å². The van der Waals surface area contributed by atoms with Crippen molar-refractivity contribution in [3.8, 4) is 0 Å². The van der Waals surface area contributed by atoms with E-state index in [2.05, 4.69) is 41.9 Å². The Morgan fingerprint density at radius 3 is 2.30 bits per heavy atom. The molecular formula is C13H20Br2N2O2S. The molecule has 0 aliphatic rings. The lowest BCUT2D eigenvalue weighted by Crippen LogP contribution is -2.19. The molecule has 0 spiro atoms. The minimum Gasteiger partial charge on any atom is -0.317 e. The highest BCUT2D eigenvalue weighted by Gasteiger charge is 2.14. The Kier molecular flexibility index (Phi) is 7.50. The molecule has 20 heavy (non-hydrogen) atoms. The normalized spacial score (nSPS) is 11.6. The Balaban J connectivity index is 2.63. The standard InChI is InChI=1S/C13H20Br2N2O2S/c1-3-16-6-4-5-7-20(18,19)17-13-11(14)8-10(2)9-12(13)15/h8-9,16-17H,3-7H2,1-2H3. The fraction of sp³-hybridized carbons (Fsp3) is 0.538. The van der Waals surface area contributed by atoms with E-state index in [1.807, 2.05) is 26.0 Å². The van der Waals surface area contributed by atoms with Gasteiger partial charge in [0.25, 0.3) is 0 Å². The second-order valence-electron chi connectivity index (χ2n) is 4.59. The van der Waals surface area contributed by atoms with E-state index in [-0.39, 0.29) is 5.75 Å². The maximum Gasteiger partial charge on any atom is 0.232 e. The van der Waals surface area contributed by atoms with Crippen LogP contribution < -0.4 is 10.0 Å². The van der Waals surface area contributed by atoms with Crippen LogP contribution in [-0.2, 0) is 10.0 Å². The number of nitrogens with one attached hydrogen (secondary N) is 2. The van der Waals surface area contributed by atoms with E-state index in [4.69, 9.17) is 0 Å². The molecule has 0 atom stereocenters. The minimum absolute atomic E-state index is 0.130. The second-order valence-corrected chi connectivity index (χ2v) is 8.14. The molecule has 7 heteroatoms. The van der Waals surface area contributed by atoms with E-state index >= 15 is 0 Å². The van der Waals surface area contributed by atoms with Crippen LogP contribution in [0.15, 0.2) is 21.1 Å². The first kappa shape index (κ1) is 17.9. The number of unbranched alkanes of at least 4 members (excludes halogenated alkanes) is 1. The highest BCUT2D eigenvalue weighted by molar-refractivity contribution is 9.11. The van der Waals surface area contributed by atoms with Crippen molar-refractivity contribution in [2.75, 3.05) is 23.6 Å². The molecular weight excluding hydrogens is 408 g/mol. The van der Waals surface area contributed by atoms with Gasteiger partial charge in [-0.25, -0.2) is 8.42 Å². The van der Waals surface area contributed by atoms with Crippen molar-refractivity contribution in [3.05, 3.63) is 26.6 Å². The SMILES string of the molecule is CCNCCCCS(=O)(=O)Nc1c(Br)cc(C)cc1Br. The van der Waals surface area contributed by atoms with Crippen molar-refractivity contribution >= 4 is 47.6 Å². The Morgan fingerprint density at radius 1 is 1.15 bits per heavy atom. The molecule has 0 radical (unpaired) electrons. The molecule has 2 N–H and O–H groups in total. The quantitative estimate of drug-likeness (QED) is 0.622. The van der Waals surface area contributed by atoms with Crippen LogP contribution >= 0.6 is 31.9 Å². The van der Waals surface area contributed by atoms with Crippen molar-refractivity contribution in [2.24, 2.45) is 0 Å². The second kappa shape index (κ2) is 8.36. The Morgan fingerprint density at radius 2 is 1.75 bits per heavy atom. The highest BCUT2D eigenvalue weighted by Crippen LogP contribution is 2.33. The van der Waals surface area contributed by atoms with Crippen molar-refractivity contribution in [3.63, 3.8) is 0 Å². The lowest BCUT2D eigenvalue weighted by atomic mass is 10.2. The van der Waals surface area contributed by atoms with E-state index in [0.29, 0.717) is 12.1 Å². The first-order valence-electron chi connectivity index (χ1n) is 6.52. The summed E-state index contributed by atoms with van der Waals surface area (Å²) in [4.78, 5) is 0. The lowest BCUT2D eigenvalue weighted by Gasteiger charge is -2.12. The van der Waals surface area contributed by atoms with Crippen LogP contribution in [0.25, 0.3) is 0 Å². The molecule has 0 saturated heterocycles. The van der Waals surface area contributed by atoms with Crippen molar-refractivity contribution in [1.82, 2.24) is 5.32 Å². The minimum atomic E-state index is -3.32. The van der Waals surface area contributed by atoms with Gasteiger partial charge in [-0.3, -0.25) is 4.72 Å². The molecule has 4 nitrogen and oxygen atoms in total. The van der Waals surface area contributed by atoms with Crippen molar-refractivity contribution in [1.29, 1.82) is 0 Å². The summed E-state index contributed by atoms with van der Waals surface area (Å²) >= 11 is 6.77. The number of sulfonamides is 1. The molecule has 0 saturated carbocycles. The van der Waals surface area contributed by atoms with Crippen LogP contribution in [0.2, 0.25) is 0 Å². The predicted octanol–water partition coefficient (Wildman–Crippen LogP) is 3.65. The molecule has 1 aromatic rings. The van der Waals surface area contributed by atoms with Gasteiger partial charge in [0.1, 0.15) is 0 Å². The molecule has 0 unspecified atom stereocenters. The van der Waals surface area contributed by atoms with Crippen LogP contribution in [-0.4, -0.2) is 27.3 Å². The molecule has 0 aliphatic heterocycles. The molecule has 0 bridgehead atoms. The van der Waals surface area contributed by atoms with Crippen LogP contribution in [0.5, 0.6) is 0 Å². The highest BCUT2D eigenvalue weighted by atomic mass is 79.9. The van der Waals surface area contributed by atoms with Crippen LogP contribution in [0.1, 0.15) is 25.3 Å². The van der Waals surface area contributed by atoms with Gasteiger partial charge in [-0.1, -0.05) is 6.92 Å². The third-order valence-corrected chi connectivity index (χ3v) is 5.30. The third-order valence-electron chi connectivity index (χ3n) is 2.71. The molecule has 1 aromatic carbocycles. The zero-order chi connectivity index (χ0) is 15.2. The van der Waals surface area contributed by atoms with Crippen molar-refractivity contribution < 1.29 is 8.42 Å². The molecule has 0 heterocycles. The number of halogens is 2. The van der Waals surface area contributed by atoms with Crippen LogP contribution in [0.3, 0.4) is 0 Å². The number of benzene rings is 1. The Bertz CT molecular complexity index is 524. The summed E-state index contributed by atoms with van der Waals surface area (Å²) in [6, 6.07) is 3.77. The van der Waals surface area contributed by atoms with E-state index in [1.54, 1.807) is 0 Å². The average molecular weight is 428 g/mol. The van der Waals surface area contributed by atoms with E-state index in [9.17, 15) is 8.42 Å². The van der Waals surface area contributed by atoms with Gasteiger partial charge in [-0.15, -0.1) is 0 Å². The largest absolute Gasteiger partial charge is 0.317 e. The number of anilines is 1. The van der Waals surface area contributed by atoms with E-state index in [1.165, 1.54) is 0 Å². The summed E-state index contributed by atoms with van der Waals surface area (Å²) in [5.41, 5.74) is 1.61. The van der Waals surface area contributed by atoms with Gasteiger partial charge in [-0.05, 0) is 82.4 Å². The smallest absolute Gasteiger partial charge is 0.232 e. The first-order valence-corrected chi connectivity index (χ1v) is 9.76. The summed E-state index contributed by atoms with van der Waals surface area (Å²) in [6.45, 7) is 5.75. The number of rotatable bonds is 8. The summed E-state index contributed by atoms with van der Waals surface area (Å²) in [5.74, 6) is 0.130. The monoisotopic (exact) mass is 426 g/mol. The van der Waals surface area contributed by atoms with Gasteiger partial charge in [0, 0.05) is 8.95 Å². The van der Waals surface area contributed by atoms with Gasteiger partial charge >= 0.3 is 0 Å². The molecule has 114 valence electrons. The number of aryl methyl sites for hydroxylation is 1. The number of hydrogen-bond donors (Lipinski definition) is 2. The van der Waals surface area contributed by atoms with E-state index in [0.717, 1.165) is 34.0 Å².